The van der Waals surface area contributed by atoms with Gasteiger partial charge in [-0.05, 0) is 24.8 Å². The van der Waals surface area contributed by atoms with Crippen molar-refractivity contribution in [1.82, 2.24) is 10.2 Å². The van der Waals surface area contributed by atoms with E-state index in [4.69, 9.17) is 0 Å². The van der Waals surface area contributed by atoms with E-state index in [0.717, 1.165) is 18.6 Å². The molecule has 0 amide bonds. The van der Waals surface area contributed by atoms with Crippen LogP contribution in [0.5, 0.6) is 0 Å². The van der Waals surface area contributed by atoms with Gasteiger partial charge < -0.3 is 5.32 Å². The quantitative estimate of drug-likeness (QED) is 0.915. The second kappa shape index (κ2) is 7.09. The Labute approximate surface area is 122 Å². The van der Waals surface area contributed by atoms with E-state index in [0.29, 0.717) is 0 Å². The van der Waals surface area contributed by atoms with Gasteiger partial charge in [-0.1, -0.05) is 42.5 Å². The highest BCUT2D eigenvalue weighted by molar-refractivity contribution is 5.85. The highest BCUT2D eigenvalue weighted by atomic mass is 35.5. The fourth-order valence-corrected chi connectivity index (χ4v) is 3.08. The van der Waals surface area contributed by atoms with Gasteiger partial charge in [0.15, 0.2) is 0 Å². The summed E-state index contributed by atoms with van der Waals surface area (Å²) in [7, 11) is 0. The Morgan fingerprint density at radius 1 is 1.11 bits per heavy atom. The molecule has 1 aromatic rings. The molecule has 2 aliphatic heterocycles. The SMILES string of the molecule is C(=C\c1ccccc1)/CN1CCC2CCC(C1)N2.Cl. The van der Waals surface area contributed by atoms with Gasteiger partial charge in [0, 0.05) is 31.7 Å². The van der Waals surface area contributed by atoms with Gasteiger partial charge in [0.1, 0.15) is 0 Å². The average Bonchev–Trinajstić information content (AvgIpc) is 2.73. The summed E-state index contributed by atoms with van der Waals surface area (Å²) < 4.78 is 0. The molecule has 2 nitrogen and oxygen atoms in total. The van der Waals surface area contributed by atoms with Gasteiger partial charge in [0.2, 0.25) is 0 Å². The number of benzene rings is 1. The average molecular weight is 279 g/mol. The van der Waals surface area contributed by atoms with Crippen molar-refractivity contribution in [3.8, 4) is 0 Å². The molecule has 0 aliphatic carbocycles. The van der Waals surface area contributed by atoms with Crippen molar-refractivity contribution < 1.29 is 0 Å². The van der Waals surface area contributed by atoms with Crippen LogP contribution in [0.25, 0.3) is 6.08 Å². The van der Waals surface area contributed by atoms with E-state index in [2.05, 4.69) is 52.7 Å². The predicted molar refractivity (Wildman–Crippen MR) is 83.7 cm³/mol. The zero-order valence-electron chi connectivity index (χ0n) is 11.3. The summed E-state index contributed by atoms with van der Waals surface area (Å²) in [5.41, 5.74) is 1.30. The molecule has 3 rings (SSSR count). The number of hydrogen-bond donors (Lipinski definition) is 1. The van der Waals surface area contributed by atoms with Crippen LogP contribution in [-0.4, -0.2) is 36.6 Å². The van der Waals surface area contributed by atoms with Crippen LogP contribution in [0.3, 0.4) is 0 Å². The van der Waals surface area contributed by atoms with Crippen LogP contribution in [0.15, 0.2) is 36.4 Å². The van der Waals surface area contributed by atoms with Crippen molar-refractivity contribution in [3.05, 3.63) is 42.0 Å². The second-order valence-corrected chi connectivity index (χ2v) is 5.50. The Morgan fingerprint density at radius 3 is 2.74 bits per heavy atom. The summed E-state index contributed by atoms with van der Waals surface area (Å²) >= 11 is 0. The first-order chi connectivity index (χ1) is 8.90. The number of hydrogen-bond acceptors (Lipinski definition) is 2. The van der Waals surface area contributed by atoms with E-state index in [9.17, 15) is 0 Å². The maximum absolute atomic E-state index is 3.73. The third-order valence-electron chi connectivity index (χ3n) is 4.08. The van der Waals surface area contributed by atoms with Crippen LogP contribution < -0.4 is 5.32 Å². The zero-order chi connectivity index (χ0) is 12.2. The van der Waals surface area contributed by atoms with Gasteiger partial charge in [0.05, 0.1) is 0 Å². The summed E-state index contributed by atoms with van der Waals surface area (Å²) in [6, 6.07) is 12.1. The highest BCUT2D eigenvalue weighted by Gasteiger charge is 2.28. The number of halogens is 1. The van der Waals surface area contributed by atoms with Gasteiger partial charge in [-0.2, -0.15) is 0 Å². The Hall–Kier alpha value is -0.830. The Kier molecular flexibility index (Phi) is 5.44. The molecule has 0 aromatic heterocycles. The molecular weight excluding hydrogens is 256 g/mol. The normalized spacial score (nSPS) is 27.2. The van der Waals surface area contributed by atoms with Gasteiger partial charge in [-0.3, -0.25) is 4.90 Å². The third kappa shape index (κ3) is 4.07. The van der Waals surface area contributed by atoms with Crippen molar-refractivity contribution in [2.45, 2.75) is 31.3 Å². The second-order valence-electron chi connectivity index (χ2n) is 5.50. The van der Waals surface area contributed by atoms with Gasteiger partial charge in [-0.15, -0.1) is 12.4 Å². The van der Waals surface area contributed by atoms with E-state index in [-0.39, 0.29) is 12.4 Å². The third-order valence-corrected chi connectivity index (χ3v) is 4.08. The van der Waals surface area contributed by atoms with Crippen molar-refractivity contribution >= 4 is 18.5 Å². The summed E-state index contributed by atoms with van der Waals surface area (Å²) in [6.45, 7) is 3.54. The molecule has 2 bridgehead atoms. The molecule has 2 saturated heterocycles. The minimum atomic E-state index is 0. The first kappa shape index (κ1) is 14.6. The minimum Gasteiger partial charge on any atom is -0.310 e. The summed E-state index contributed by atoms with van der Waals surface area (Å²) in [5.74, 6) is 0. The maximum Gasteiger partial charge on any atom is 0.0198 e. The lowest BCUT2D eigenvalue weighted by atomic mass is 10.1. The number of nitrogens with one attached hydrogen (secondary N) is 1. The van der Waals surface area contributed by atoms with Crippen molar-refractivity contribution in [1.29, 1.82) is 0 Å². The molecule has 3 heteroatoms. The molecule has 2 heterocycles. The molecule has 0 radical (unpaired) electrons. The Balaban J connectivity index is 0.00000133. The molecule has 2 unspecified atom stereocenters. The minimum absolute atomic E-state index is 0. The lowest BCUT2D eigenvalue weighted by molar-refractivity contribution is 0.285. The standard InChI is InChI=1S/C16H22N2.ClH/c1-2-5-14(6-3-1)7-4-11-18-12-10-15-8-9-16(13-18)17-15;/h1-7,15-17H,8-13H2;1H/b7-4+;. The van der Waals surface area contributed by atoms with Crippen molar-refractivity contribution in [2.75, 3.05) is 19.6 Å². The molecule has 0 spiro atoms. The fraction of sp³-hybridized carbons (Fsp3) is 0.500. The fourth-order valence-electron chi connectivity index (χ4n) is 3.08. The van der Waals surface area contributed by atoms with E-state index in [1.807, 2.05) is 0 Å². The number of nitrogens with zero attached hydrogens (tertiary/aromatic N) is 1. The molecule has 0 saturated carbocycles. The van der Waals surface area contributed by atoms with Gasteiger partial charge >= 0.3 is 0 Å². The van der Waals surface area contributed by atoms with E-state index >= 15 is 0 Å². The van der Waals surface area contributed by atoms with Crippen LogP contribution >= 0.6 is 12.4 Å². The Bertz CT molecular complexity index is 404. The van der Waals surface area contributed by atoms with Crippen molar-refractivity contribution in [3.63, 3.8) is 0 Å². The lowest BCUT2D eigenvalue weighted by Crippen LogP contribution is -2.35. The number of fused-ring (bicyclic) bond motifs is 2. The zero-order valence-corrected chi connectivity index (χ0v) is 12.1. The van der Waals surface area contributed by atoms with Crippen LogP contribution in [-0.2, 0) is 0 Å². The summed E-state index contributed by atoms with van der Waals surface area (Å²) in [6.07, 6.45) is 8.60. The lowest BCUT2D eigenvalue weighted by Gasteiger charge is -2.22. The number of likely N-dealkylation sites (tertiary alicyclic amines) is 1. The van der Waals surface area contributed by atoms with Crippen LogP contribution in [0.1, 0.15) is 24.8 Å². The largest absolute Gasteiger partial charge is 0.310 e. The first-order valence-corrected chi connectivity index (χ1v) is 7.10. The van der Waals surface area contributed by atoms with E-state index in [1.54, 1.807) is 0 Å². The molecule has 104 valence electrons. The van der Waals surface area contributed by atoms with E-state index < -0.39 is 0 Å². The maximum atomic E-state index is 3.73. The topological polar surface area (TPSA) is 15.3 Å². The molecule has 19 heavy (non-hydrogen) atoms. The Morgan fingerprint density at radius 2 is 1.89 bits per heavy atom. The molecule has 2 aliphatic rings. The van der Waals surface area contributed by atoms with Gasteiger partial charge in [-0.25, -0.2) is 0 Å². The van der Waals surface area contributed by atoms with Crippen LogP contribution in [0.4, 0.5) is 0 Å². The van der Waals surface area contributed by atoms with E-state index in [1.165, 1.54) is 37.9 Å². The molecule has 2 atom stereocenters. The van der Waals surface area contributed by atoms with Crippen LogP contribution in [0, 0.1) is 0 Å². The smallest absolute Gasteiger partial charge is 0.0198 e. The molecule has 2 fully saturated rings. The summed E-state index contributed by atoms with van der Waals surface area (Å²) in [4.78, 5) is 2.58. The number of rotatable bonds is 3. The first-order valence-electron chi connectivity index (χ1n) is 7.10. The molecule has 1 aromatic carbocycles. The molecule has 1 N–H and O–H groups in total. The predicted octanol–water partition coefficient (Wildman–Crippen LogP) is 2.95. The van der Waals surface area contributed by atoms with Crippen LogP contribution in [0.2, 0.25) is 0 Å². The summed E-state index contributed by atoms with van der Waals surface area (Å²) in [5, 5.41) is 3.73. The van der Waals surface area contributed by atoms with Crippen molar-refractivity contribution in [2.24, 2.45) is 0 Å². The highest BCUT2D eigenvalue weighted by Crippen LogP contribution is 2.20. The molecular formula is C16H23ClN2. The van der Waals surface area contributed by atoms with Gasteiger partial charge in [0.25, 0.3) is 0 Å². The monoisotopic (exact) mass is 278 g/mol.